The largest absolute Gasteiger partial charge is 0.376 e. The van der Waals surface area contributed by atoms with Crippen LogP contribution >= 0.6 is 35.4 Å². The van der Waals surface area contributed by atoms with Crippen molar-refractivity contribution in [3.63, 3.8) is 0 Å². The first kappa shape index (κ1) is 15.5. The Morgan fingerprint density at radius 2 is 2.20 bits per heavy atom. The molecule has 108 valence electrons. The summed E-state index contributed by atoms with van der Waals surface area (Å²) >= 11 is 17.2. The van der Waals surface area contributed by atoms with E-state index in [0.717, 1.165) is 19.4 Å². The van der Waals surface area contributed by atoms with E-state index in [0.29, 0.717) is 27.3 Å². The summed E-state index contributed by atoms with van der Waals surface area (Å²) in [7, 11) is 0. The average Bonchev–Trinajstić information content (AvgIpc) is 2.93. The van der Waals surface area contributed by atoms with Gasteiger partial charge < -0.3 is 10.1 Å². The summed E-state index contributed by atoms with van der Waals surface area (Å²) in [5.74, 6) is 0. The van der Waals surface area contributed by atoms with Gasteiger partial charge in [-0.2, -0.15) is 5.10 Å². The Balaban J connectivity index is 1.79. The van der Waals surface area contributed by atoms with E-state index in [9.17, 15) is 0 Å². The standard InChI is InChI=1S/C13H15Cl2N3OS/c14-11-4-1-5-12(15)10(11)8-17-18-13(20)16-7-9-3-2-6-19-9/h1,4-5,8-9H,2-3,6-7H2,(H2,16,18,20)/b17-8-/t9-/m1/s1. The Bertz CT molecular complexity index is 484. The molecule has 1 atom stereocenters. The Hall–Kier alpha value is -0.880. The van der Waals surface area contributed by atoms with Crippen LogP contribution in [-0.2, 0) is 4.74 Å². The summed E-state index contributed by atoms with van der Waals surface area (Å²) in [6.45, 7) is 1.52. The number of halogens is 2. The smallest absolute Gasteiger partial charge is 0.187 e. The second-order valence-electron chi connectivity index (χ2n) is 4.35. The van der Waals surface area contributed by atoms with E-state index in [4.69, 9.17) is 40.2 Å². The van der Waals surface area contributed by atoms with Gasteiger partial charge in [0, 0.05) is 18.7 Å². The van der Waals surface area contributed by atoms with Crippen LogP contribution in [0.2, 0.25) is 10.0 Å². The van der Waals surface area contributed by atoms with Gasteiger partial charge in [0.05, 0.1) is 22.4 Å². The van der Waals surface area contributed by atoms with Crippen molar-refractivity contribution in [2.24, 2.45) is 5.10 Å². The summed E-state index contributed by atoms with van der Waals surface area (Å²) in [6.07, 6.45) is 3.95. The first-order valence-electron chi connectivity index (χ1n) is 6.29. The number of nitrogens with one attached hydrogen (secondary N) is 2. The second-order valence-corrected chi connectivity index (χ2v) is 5.57. The molecule has 1 aromatic rings. The van der Waals surface area contributed by atoms with E-state index in [1.165, 1.54) is 0 Å². The zero-order valence-electron chi connectivity index (χ0n) is 10.7. The molecular weight excluding hydrogens is 317 g/mol. The number of nitrogens with zero attached hydrogens (tertiary/aromatic N) is 1. The molecule has 0 spiro atoms. The average molecular weight is 332 g/mol. The third-order valence-electron chi connectivity index (χ3n) is 2.87. The van der Waals surface area contributed by atoms with Crippen molar-refractivity contribution in [3.8, 4) is 0 Å². The van der Waals surface area contributed by atoms with Crippen molar-refractivity contribution in [3.05, 3.63) is 33.8 Å². The molecule has 2 rings (SSSR count). The minimum Gasteiger partial charge on any atom is -0.376 e. The third kappa shape index (κ3) is 4.59. The van der Waals surface area contributed by atoms with Crippen LogP contribution in [0.5, 0.6) is 0 Å². The van der Waals surface area contributed by atoms with Gasteiger partial charge in [-0.05, 0) is 37.2 Å². The van der Waals surface area contributed by atoms with Gasteiger partial charge in [0.2, 0.25) is 0 Å². The molecule has 20 heavy (non-hydrogen) atoms. The molecule has 0 aliphatic carbocycles. The Labute approximate surface area is 133 Å². The number of hydrogen-bond donors (Lipinski definition) is 2. The number of hydrogen-bond acceptors (Lipinski definition) is 3. The summed E-state index contributed by atoms with van der Waals surface area (Å²) in [5.41, 5.74) is 3.38. The van der Waals surface area contributed by atoms with Gasteiger partial charge in [0.25, 0.3) is 0 Å². The van der Waals surface area contributed by atoms with Crippen molar-refractivity contribution in [2.75, 3.05) is 13.2 Å². The highest BCUT2D eigenvalue weighted by atomic mass is 35.5. The minimum atomic E-state index is 0.233. The molecule has 1 aliphatic rings. The SMILES string of the molecule is S=C(NC[C@H]1CCCO1)N/N=C\c1c(Cl)cccc1Cl. The van der Waals surface area contributed by atoms with E-state index in [1.807, 2.05) is 0 Å². The molecule has 7 heteroatoms. The van der Waals surface area contributed by atoms with Crippen molar-refractivity contribution < 1.29 is 4.74 Å². The van der Waals surface area contributed by atoms with Gasteiger partial charge in [-0.1, -0.05) is 29.3 Å². The number of hydrazone groups is 1. The molecular formula is C13H15Cl2N3OS. The Morgan fingerprint density at radius 1 is 1.45 bits per heavy atom. The van der Waals surface area contributed by atoms with E-state index in [2.05, 4.69) is 15.8 Å². The Kier molecular flexibility index (Phi) is 6.04. The van der Waals surface area contributed by atoms with E-state index in [1.54, 1.807) is 24.4 Å². The van der Waals surface area contributed by atoms with Gasteiger partial charge >= 0.3 is 0 Å². The molecule has 1 saturated heterocycles. The lowest BCUT2D eigenvalue weighted by atomic mass is 10.2. The van der Waals surface area contributed by atoms with Gasteiger partial charge in [0.15, 0.2) is 5.11 Å². The molecule has 1 heterocycles. The number of thiocarbonyl (C=S) groups is 1. The van der Waals surface area contributed by atoms with Crippen LogP contribution in [0, 0.1) is 0 Å². The van der Waals surface area contributed by atoms with Crippen molar-refractivity contribution in [1.82, 2.24) is 10.7 Å². The molecule has 1 aliphatic heterocycles. The van der Waals surface area contributed by atoms with Gasteiger partial charge in [-0.25, -0.2) is 0 Å². The molecule has 0 aromatic heterocycles. The predicted octanol–water partition coefficient (Wildman–Crippen LogP) is 2.97. The number of ether oxygens (including phenoxy) is 1. The molecule has 1 aromatic carbocycles. The summed E-state index contributed by atoms with van der Waals surface area (Å²) in [5, 5.41) is 8.61. The molecule has 0 radical (unpaired) electrons. The lowest BCUT2D eigenvalue weighted by Crippen LogP contribution is -2.37. The van der Waals surface area contributed by atoms with Gasteiger partial charge in [-0.3, -0.25) is 5.43 Å². The summed E-state index contributed by atoms with van der Waals surface area (Å²) in [6, 6.07) is 5.29. The van der Waals surface area contributed by atoms with E-state index >= 15 is 0 Å². The maximum atomic E-state index is 6.02. The van der Waals surface area contributed by atoms with Gasteiger partial charge in [-0.15, -0.1) is 0 Å². The summed E-state index contributed by atoms with van der Waals surface area (Å²) in [4.78, 5) is 0. The monoisotopic (exact) mass is 331 g/mol. The molecule has 1 fully saturated rings. The maximum Gasteiger partial charge on any atom is 0.187 e. The maximum absolute atomic E-state index is 6.02. The molecule has 4 nitrogen and oxygen atoms in total. The van der Waals surface area contributed by atoms with Crippen molar-refractivity contribution in [2.45, 2.75) is 18.9 Å². The third-order valence-corrected chi connectivity index (χ3v) is 3.77. The van der Waals surface area contributed by atoms with Crippen LogP contribution in [0.25, 0.3) is 0 Å². The van der Waals surface area contributed by atoms with Crippen LogP contribution in [0.4, 0.5) is 0 Å². The molecule has 0 saturated carbocycles. The molecule has 2 N–H and O–H groups in total. The normalized spacial score (nSPS) is 18.4. The van der Waals surface area contributed by atoms with Crippen LogP contribution < -0.4 is 10.7 Å². The number of benzene rings is 1. The lowest BCUT2D eigenvalue weighted by molar-refractivity contribution is 0.114. The Morgan fingerprint density at radius 3 is 2.85 bits per heavy atom. The predicted molar refractivity (Wildman–Crippen MR) is 86.8 cm³/mol. The molecule has 0 unspecified atom stereocenters. The highest BCUT2D eigenvalue weighted by Crippen LogP contribution is 2.21. The van der Waals surface area contributed by atoms with E-state index in [-0.39, 0.29) is 6.10 Å². The lowest BCUT2D eigenvalue weighted by Gasteiger charge is -2.11. The van der Waals surface area contributed by atoms with Crippen LogP contribution in [-0.4, -0.2) is 30.6 Å². The van der Waals surface area contributed by atoms with Gasteiger partial charge in [0.1, 0.15) is 0 Å². The fraction of sp³-hybridized carbons (Fsp3) is 0.385. The first-order chi connectivity index (χ1) is 9.66. The highest BCUT2D eigenvalue weighted by molar-refractivity contribution is 7.80. The second kappa shape index (κ2) is 7.78. The zero-order chi connectivity index (χ0) is 14.4. The minimum absolute atomic E-state index is 0.233. The van der Waals surface area contributed by atoms with Crippen molar-refractivity contribution >= 4 is 46.7 Å². The fourth-order valence-electron chi connectivity index (χ4n) is 1.84. The van der Waals surface area contributed by atoms with Crippen LogP contribution in [0.15, 0.2) is 23.3 Å². The fourth-order valence-corrected chi connectivity index (χ4v) is 2.47. The molecule has 0 bridgehead atoms. The molecule has 0 amide bonds. The quantitative estimate of drug-likeness (QED) is 0.506. The van der Waals surface area contributed by atoms with Crippen molar-refractivity contribution in [1.29, 1.82) is 0 Å². The highest BCUT2D eigenvalue weighted by Gasteiger charge is 2.14. The van der Waals surface area contributed by atoms with Crippen LogP contribution in [0.1, 0.15) is 18.4 Å². The van der Waals surface area contributed by atoms with E-state index < -0.39 is 0 Å². The topological polar surface area (TPSA) is 45.6 Å². The summed E-state index contributed by atoms with van der Waals surface area (Å²) < 4.78 is 5.49. The first-order valence-corrected chi connectivity index (χ1v) is 7.46. The zero-order valence-corrected chi connectivity index (χ0v) is 13.1. The van der Waals surface area contributed by atoms with Crippen LogP contribution in [0.3, 0.4) is 0 Å². The number of rotatable bonds is 4.